The van der Waals surface area contributed by atoms with E-state index in [4.69, 9.17) is 5.53 Å². The first-order valence-electron chi connectivity index (χ1n) is 3.73. The van der Waals surface area contributed by atoms with E-state index in [1.54, 1.807) is 0 Å². The number of pyridine rings is 1. The molecule has 0 radical (unpaired) electrons. The Kier molecular flexibility index (Phi) is 3.58. The van der Waals surface area contributed by atoms with E-state index in [9.17, 15) is 8.78 Å². The number of azide groups is 1. The maximum Gasteiger partial charge on any atom is 0.216 e. The minimum atomic E-state index is -0.881. The summed E-state index contributed by atoms with van der Waals surface area (Å²) in [6.07, 6.45) is 2.94. The van der Waals surface area contributed by atoms with E-state index in [0.29, 0.717) is 5.56 Å². The Balaban J connectivity index is 2.75. The van der Waals surface area contributed by atoms with Gasteiger partial charge in [0.2, 0.25) is 11.9 Å². The van der Waals surface area contributed by atoms with E-state index >= 15 is 0 Å². The number of hydrogen-bond acceptors (Lipinski definition) is 2. The summed E-state index contributed by atoms with van der Waals surface area (Å²) in [5.41, 5.74) is 8.28. The fraction of sp³-hybridized carbons (Fsp3) is 0.125. The highest BCUT2D eigenvalue weighted by Crippen LogP contribution is 2.05. The van der Waals surface area contributed by atoms with Crippen molar-refractivity contribution in [2.24, 2.45) is 5.11 Å². The van der Waals surface area contributed by atoms with Crippen LogP contribution < -0.4 is 0 Å². The number of rotatable bonds is 3. The quantitative estimate of drug-likeness (QED) is 0.317. The van der Waals surface area contributed by atoms with Crippen LogP contribution in [0.25, 0.3) is 16.5 Å². The normalized spacial score (nSPS) is 10.1. The van der Waals surface area contributed by atoms with Gasteiger partial charge in [-0.3, -0.25) is 0 Å². The van der Waals surface area contributed by atoms with Crippen molar-refractivity contribution >= 4 is 6.08 Å². The van der Waals surface area contributed by atoms with Gasteiger partial charge in [0.15, 0.2) is 0 Å². The Morgan fingerprint density at radius 2 is 2.07 bits per heavy atom. The molecule has 1 aromatic rings. The minimum absolute atomic E-state index is 0.141. The maximum atomic E-state index is 12.5. The van der Waals surface area contributed by atoms with Crippen LogP contribution in [-0.2, 0) is 0 Å². The van der Waals surface area contributed by atoms with Gasteiger partial charge in [0.25, 0.3) is 0 Å². The Hall–Kier alpha value is -1.94. The van der Waals surface area contributed by atoms with Gasteiger partial charge in [0.1, 0.15) is 0 Å². The summed E-state index contributed by atoms with van der Waals surface area (Å²) in [6.45, 7) is 0.141. The van der Waals surface area contributed by atoms with Gasteiger partial charge in [-0.2, -0.15) is 13.8 Å². The SMILES string of the molecule is [N-]=[N+]=NCC=Cc1cc(F)nc(F)c1. The molecule has 0 fully saturated rings. The largest absolute Gasteiger partial charge is 0.216 e. The van der Waals surface area contributed by atoms with Gasteiger partial charge in [-0.05, 0) is 11.1 Å². The van der Waals surface area contributed by atoms with Crippen LogP contribution in [0.4, 0.5) is 8.78 Å². The second-order valence-electron chi connectivity index (χ2n) is 2.36. The molecule has 0 amide bonds. The van der Waals surface area contributed by atoms with Crippen LogP contribution in [0.3, 0.4) is 0 Å². The summed E-state index contributed by atoms with van der Waals surface area (Å²) in [7, 11) is 0. The van der Waals surface area contributed by atoms with Crippen LogP contribution in [0.1, 0.15) is 5.56 Å². The molecule has 1 rings (SSSR count). The summed E-state index contributed by atoms with van der Waals surface area (Å²) in [4.78, 5) is 5.44. The minimum Gasteiger partial charge on any atom is -0.191 e. The van der Waals surface area contributed by atoms with Crippen molar-refractivity contribution in [3.8, 4) is 0 Å². The molecule has 0 aromatic carbocycles. The van der Waals surface area contributed by atoms with Gasteiger partial charge >= 0.3 is 0 Å². The molecule has 0 N–H and O–H groups in total. The third-order valence-corrected chi connectivity index (χ3v) is 1.35. The number of halogens is 2. The van der Waals surface area contributed by atoms with Crippen molar-refractivity contribution in [2.45, 2.75) is 0 Å². The highest BCUT2D eigenvalue weighted by molar-refractivity contribution is 5.48. The van der Waals surface area contributed by atoms with Crippen molar-refractivity contribution in [1.29, 1.82) is 0 Å². The molecule has 0 spiro atoms. The van der Waals surface area contributed by atoms with Crippen LogP contribution in [0.15, 0.2) is 23.3 Å². The molecule has 14 heavy (non-hydrogen) atoms. The Bertz CT molecular complexity index is 376. The molecule has 0 aliphatic heterocycles. The van der Waals surface area contributed by atoms with E-state index in [1.807, 2.05) is 0 Å². The van der Waals surface area contributed by atoms with Crippen molar-refractivity contribution in [3.63, 3.8) is 0 Å². The van der Waals surface area contributed by atoms with Crippen LogP contribution in [0, 0.1) is 11.9 Å². The lowest BCUT2D eigenvalue weighted by Crippen LogP contribution is -1.88. The van der Waals surface area contributed by atoms with Gasteiger partial charge in [-0.15, -0.1) is 0 Å². The number of nitrogens with zero attached hydrogens (tertiary/aromatic N) is 4. The Labute approximate surface area is 78.5 Å². The molecule has 0 atom stereocenters. The van der Waals surface area contributed by atoms with Gasteiger partial charge in [-0.1, -0.05) is 17.3 Å². The zero-order valence-electron chi connectivity index (χ0n) is 7.06. The molecule has 0 aliphatic carbocycles. The van der Waals surface area contributed by atoms with Gasteiger partial charge < -0.3 is 0 Å². The maximum absolute atomic E-state index is 12.5. The molecular weight excluding hydrogens is 190 g/mol. The molecule has 72 valence electrons. The van der Waals surface area contributed by atoms with Gasteiger partial charge in [0, 0.05) is 23.6 Å². The first-order chi connectivity index (χ1) is 6.72. The molecule has 0 saturated heterocycles. The fourth-order valence-electron chi connectivity index (χ4n) is 0.852. The lowest BCUT2D eigenvalue weighted by molar-refractivity contribution is 0.512. The highest BCUT2D eigenvalue weighted by Gasteiger charge is 1.97. The predicted molar refractivity (Wildman–Crippen MR) is 47.2 cm³/mol. The van der Waals surface area contributed by atoms with Gasteiger partial charge in [0.05, 0.1) is 0 Å². The second-order valence-corrected chi connectivity index (χ2v) is 2.36. The van der Waals surface area contributed by atoms with E-state index in [0.717, 1.165) is 12.1 Å². The first-order valence-corrected chi connectivity index (χ1v) is 3.73. The third kappa shape index (κ3) is 3.20. The zero-order valence-corrected chi connectivity index (χ0v) is 7.06. The standard InChI is InChI=1S/C8H6F2N4/c9-7-4-6(5-8(10)13-7)2-1-3-12-14-11/h1-2,4-5H,3H2. The van der Waals surface area contributed by atoms with Crippen molar-refractivity contribution in [1.82, 2.24) is 4.98 Å². The van der Waals surface area contributed by atoms with Crippen molar-refractivity contribution < 1.29 is 8.78 Å². The molecule has 0 aliphatic rings. The Morgan fingerprint density at radius 1 is 1.43 bits per heavy atom. The molecule has 4 nitrogen and oxygen atoms in total. The molecule has 1 heterocycles. The first kappa shape index (κ1) is 10.1. The zero-order chi connectivity index (χ0) is 10.4. The topological polar surface area (TPSA) is 61.7 Å². The van der Waals surface area contributed by atoms with E-state index in [1.165, 1.54) is 12.2 Å². The summed E-state index contributed by atoms with van der Waals surface area (Å²) < 4.78 is 25.1. The van der Waals surface area contributed by atoms with E-state index < -0.39 is 11.9 Å². The second kappa shape index (κ2) is 4.94. The van der Waals surface area contributed by atoms with Crippen molar-refractivity contribution in [3.05, 3.63) is 46.1 Å². The van der Waals surface area contributed by atoms with Crippen LogP contribution in [0.5, 0.6) is 0 Å². The summed E-state index contributed by atoms with van der Waals surface area (Å²) >= 11 is 0. The molecular formula is C8H6F2N4. The van der Waals surface area contributed by atoms with E-state index in [2.05, 4.69) is 15.0 Å². The average molecular weight is 196 g/mol. The lowest BCUT2D eigenvalue weighted by atomic mass is 10.2. The average Bonchev–Trinajstić information content (AvgIpc) is 2.11. The predicted octanol–water partition coefficient (Wildman–Crippen LogP) is 2.68. The number of hydrogen-bond donors (Lipinski definition) is 0. The summed E-state index contributed by atoms with van der Waals surface area (Å²) in [5.74, 6) is -1.76. The lowest BCUT2D eigenvalue weighted by Gasteiger charge is -1.93. The van der Waals surface area contributed by atoms with Crippen molar-refractivity contribution in [2.75, 3.05) is 6.54 Å². The molecule has 0 bridgehead atoms. The highest BCUT2D eigenvalue weighted by atomic mass is 19.1. The number of aromatic nitrogens is 1. The third-order valence-electron chi connectivity index (χ3n) is 1.35. The smallest absolute Gasteiger partial charge is 0.191 e. The molecule has 0 saturated carbocycles. The monoisotopic (exact) mass is 196 g/mol. The molecule has 6 heteroatoms. The molecule has 0 unspecified atom stereocenters. The summed E-state index contributed by atoms with van der Waals surface area (Å²) in [6, 6.07) is 2.16. The summed E-state index contributed by atoms with van der Waals surface area (Å²) in [5, 5.41) is 3.22. The van der Waals surface area contributed by atoms with Crippen LogP contribution in [0.2, 0.25) is 0 Å². The Morgan fingerprint density at radius 3 is 2.64 bits per heavy atom. The van der Waals surface area contributed by atoms with Crippen LogP contribution >= 0.6 is 0 Å². The van der Waals surface area contributed by atoms with Gasteiger partial charge in [-0.25, -0.2) is 0 Å². The van der Waals surface area contributed by atoms with Crippen LogP contribution in [-0.4, -0.2) is 11.5 Å². The fourth-order valence-corrected chi connectivity index (χ4v) is 0.852. The van der Waals surface area contributed by atoms with E-state index in [-0.39, 0.29) is 6.54 Å². The molecule has 1 aromatic heterocycles.